The third kappa shape index (κ3) is 6.12. The van der Waals surface area contributed by atoms with Crippen LogP contribution in [0.15, 0.2) is 25.3 Å². The van der Waals surface area contributed by atoms with Crippen molar-refractivity contribution in [3.63, 3.8) is 0 Å². The first-order chi connectivity index (χ1) is 18.3. The minimum atomic E-state index is -0.668. The summed E-state index contributed by atoms with van der Waals surface area (Å²) in [7, 11) is 0. The van der Waals surface area contributed by atoms with E-state index < -0.39 is 28.2 Å². The van der Waals surface area contributed by atoms with Crippen molar-refractivity contribution in [1.29, 1.82) is 0 Å². The molecule has 2 amide bonds. The summed E-state index contributed by atoms with van der Waals surface area (Å²) < 4.78 is 4.83. The van der Waals surface area contributed by atoms with Crippen LogP contribution in [0.3, 0.4) is 0 Å². The molecule has 220 valence electrons. The Hall–Kier alpha value is -1.80. The van der Waals surface area contributed by atoms with Crippen LogP contribution in [-0.2, 0) is 19.1 Å². The maximum Gasteiger partial charge on any atom is 0.311 e. The first-order valence-electron chi connectivity index (χ1n) is 14.6. The number of likely N-dealkylation sites (tertiary alicyclic amines) is 1. The van der Waals surface area contributed by atoms with Gasteiger partial charge in [0.05, 0.1) is 16.6 Å². The molecule has 2 bridgehead atoms. The highest BCUT2D eigenvalue weighted by Crippen LogP contribution is 2.69. The van der Waals surface area contributed by atoms with Crippen LogP contribution < -0.4 is 0 Å². The molecule has 6 atom stereocenters. The Morgan fingerprint density at radius 1 is 1.15 bits per heavy atom. The molecule has 8 heteroatoms. The van der Waals surface area contributed by atoms with E-state index in [0.717, 1.165) is 38.5 Å². The van der Waals surface area contributed by atoms with Gasteiger partial charge in [0.2, 0.25) is 11.8 Å². The summed E-state index contributed by atoms with van der Waals surface area (Å²) in [5, 5.41) is 9.14. The maximum absolute atomic E-state index is 14.8. The molecular formula is C31H50N2O5S. The van der Waals surface area contributed by atoms with Crippen LogP contribution in [0, 0.1) is 23.2 Å². The Bertz CT molecular complexity index is 944. The second-order valence-corrected chi connectivity index (χ2v) is 15.0. The second kappa shape index (κ2) is 12.4. The van der Waals surface area contributed by atoms with Crippen LogP contribution >= 0.6 is 11.8 Å². The highest BCUT2D eigenvalue weighted by atomic mass is 32.2. The summed E-state index contributed by atoms with van der Waals surface area (Å²) in [5.41, 5.74) is -0.462. The van der Waals surface area contributed by atoms with Gasteiger partial charge >= 0.3 is 5.97 Å². The molecular weight excluding hydrogens is 512 g/mol. The first kappa shape index (κ1) is 31.7. The molecule has 3 fully saturated rings. The zero-order chi connectivity index (χ0) is 29.2. The minimum absolute atomic E-state index is 0.00420. The predicted octanol–water partition coefficient (Wildman–Crippen LogP) is 4.83. The monoisotopic (exact) mass is 562 g/mol. The number of hydrogen-bond donors (Lipinski definition) is 1. The van der Waals surface area contributed by atoms with Crippen molar-refractivity contribution in [3.05, 3.63) is 25.3 Å². The first-order valence-corrected chi connectivity index (χ1v) is 15.4. The van der Waals surface area contributed by atoms with Crippen LogP contribution in [0.5, 0.6) is 0 Å². The fourth-order valence-electron chi connectivity index (χ4n) is 7.60. The van der Waals surface area contributed by atoms with Crippen LogP contribution in [0.25, 0.3) is 0 Å². The van der Waals surface area contributed by atoms with Gasteiger partial charge in [0.25, 0.3) is 0 Å². The Kier molecular flexibility index (Phi) is 10.1. The zero-order valence-corrected chi connectivity index (χ0v) is 25.7. The molecule has 0 aromatic rings. The summed E-state index contributed by atoms with van der Waals surface area (Å²) in [6.07, 6.45) is 8.10. The number of aliphatic hydroxyl groups is 1. The number of fused-ring (bicyclic) bond motifs is 1. The third-order valence-electron chi connectivity index (χ3n) is 8.67. The molecule has 7 nitrogen and oxygen atoms in total. The third-order valence-corrected chi connectivity index (χ3v) is 10.7. The molecule has 0 aliphatic carbocycles. The van der Waals surface area contributed by atoms with Crippen molar-refractivity contribution in [3.8, 4) is 0 Å². The predicted molar refractivity (Wildman–Crippen MR) is 157 cm³/mol. The van der Waals surface area contributed by atoms with Gasteiger partial charge < -0.3 is 19.6 Å². The summed E-state index contributed by atoms with van der Waals surface area (Å²) in [6, 6.07) is -0.644. The van der Waals surface area contributed by atoms with Crippen molar-refractivity contribution in [1.82, 2.24) is 9.80 Å². The summed E-state index contributed by atoms with van der Waals surface area (Å²) in [6.45, 7) is 21.6. The van der Waals surface area contributed by atoms with Gasteiger partial charge in [0.1, 0.15) is 12.6 Å². The molecule has 3 aliphatic heterocycles. The number of carbonyl (C=O) groups excluding carboxylic acids is 3. The Balaban J connectivity index is 2.04. The minimum Gasteiger partial charge on any atom is -0.461 e. The molecule has 0 saturated carbocycles. The normalized spacial score (nSPS) is 29.9. The topological polar surface area (TPSA) is 87.1 Å². The van der Waals surface area contributed by atoms with Crippen LogP contribution in [0.2, 0.25) is 0 Å². The quantitative estimate of drug-likeness (QED) is 0.185. The molecule has 0 aromatic heterocycles. The lowest BCUT2D eigenvalue weighted by atomic mass is 9.66. The largest absolute Gasteiger partial charge is 0.461 e. The lowest BCUT2D eigenvalue weighted by molar-refractivity contribution is -0.153. The number of amides is 2. The lowest BCUT2D eigenvalue weighted by Crippen LogP contribution is -2.61. The Labute approximate surface area is 239 Å². The van der Waals surface area contributed by atoms with E-state index in [-0.39, 0.29) is 47.6 Å². The number of nitrogens with zero attached hydrogens (tertiary/aromatic N) is 2. The highest BCUT2D eigenvalue weighted by molar-refractivity contribution is 8.02. The van der Waals surface area contributed by atoms with Gasteiger partial charge in [-0.25, -0.2) is 0 Å². The van der Waals surface area contributed by atoms with E-state index in [0.29, 0.717) is 13.1 Å². The number of rotatable bonds is 14. The van der Waals surface area contributed by atoms with E-state index in [9.17, 15) is 19.5 Å². The molecule has 1 N–H and O–H groups in total. The van der Waals surface area contributed by atoms with E-state index in [4.69, 9.17) is 4.74 Å². The fraction of sp³-hybridized carbons (Fsp3) is 0.774. The SMILES string of the molecule is C=CCOC(=O)[C@@H]1[C@H]2C(=O)N(CCCCCCO)C(C(=O)N(CC=C)C(C)(C)CC(C)(C)C)C23S[C@@H]1CC3C. The van der Waals surface area contributed by atoms with Gasteiger partial charge in [-0.1, -0.05) is 59.3 Å². The average Bonchev–Trinajstić information content (AvgIpc) is 3.42. The van der Waals surface area contributed by atoms with Gasteiger partial charge in [0.15, 0.2) is 0 Å². The average molecular weight is 563 g/mol. The number of ether oxygens (including phenoxy) is 1. The number of unbranched alkanes of at least 4 members (excludes halogenated alkanes) is 3. The number of carbonyl (C=O) groups is 3. The van der Waals surface area contributed by atoms with E-state index >= 15 is 0 Å². The second-order valence-electron chi connectivity index (χ2n) is 13.4. The number of esters is 1. The summed E-state index contributed by atoms with van der Waals surface area (Å²) in [4.78, 5) is 46.0. The zero-order valence-electron chi connectivity index (χ0n) is 24.9. The van der Waals surface area contributed by atoms with E-state index in [1.54, 1.807) is 28.8 Å². The van der Waals surface area contributed by atoms with Crippen molar-refractivity contribution < 1.29 is 24.2 Å². The number of aliphatic hydroxyl groups excluding tert-OH is 1. The molecule has 3 heterocycles. The molecule has 0 aromatic carbocycles. The van der Waals surface area contributed by atoms with Gasteiger partial charge in [-0.3, -0.25) is 14.4 Å². The van der Waals surface area contributed by atoms with Crippen molar-refractivity contribution in [2.75, 3.05) is 26.3 Å². The van der Waals surface area contributed by atoms with Crippen LogP contribution in [0.4, 0.5) is 0 Å². The van der Waals surface area contributed by atoms with Gasteiger partial charge in [0, 0.05) is 30.5 Å². The maximum atomic E-state index is 14.8. The van der Waals surface area contributed by atoms with Gasteiger partial charge in [-0.15, -0.1) is 18.3 Å². The van der Waals surface area contributed by atoms with Crippen molar-refractivity contribution >= 4 is 29.5 Å². The Morgan fingerprint density at radius 2 is 1.82 bits per heavy atom. The molecule has 0 radical (unpaired) electrons. The van der Waals surface area contributed by atoms with Crippen molar-refractivity contribution in [2.45, 2.75) is 102 Å². The van der Waals surface area contributed by atoms with Crippen LogP contribution in [0.1, 0.15) is 80.1 Å². The van der Waals surface area contributed by atoms with E-state index in [1.807, 2.05) is 4.90 Å². The van der Waals surface area contributed by atoms with E-state index in [1.165, 1.54) is 0 Å². The molecule has 3 rings (SSSR count). The number of thioether (sulfide) groups is 1. The fourth-order valence-corrected chi connectivity index (χ4v) is 10.0. The van der Waals surface area contributed by atoms with Crippen LogP contribution in [-0.4, -0.2) is 80.6 Å². The van der Waals surface area contributed by atoms with Gasteiger partial charge in [-0.05, 0) is 50.9 Å². The molecule has 3 unspecified atom stereocenters. The molecule has 1 spiro atoms. The Morgan fingerprint density at radius 3 is 2.41 bits per heavy atom. The van der Waals surface area contributed by atoms with E-state index in [2.05, 4.69) is 54.7 Å². The van der Waals surface area contributed by atoms with Gasteiger partial charge in [-0.2, -0.15) is 0 Å². The van der Waals surface area contributed by atoms with Crippen molar-refractivity contribution in [2.24, 2.45) is 23.2 Å². The smallest absolute Gasteiger partial charge is 0.311 e. The lowest BCUT2D eigenvalue weighted by Gasteiger charge is -2.46. The summed E-state index contributed by atoms with van der Waals surface area (Å²) in [5.74, 6) is -1.51. The standard InChI is InChI=1S/C31H50N2O5S/c1-9-15-33(30(7,8)20-29(4,5)6)27(36)25-31-21(3)19-22(39-31)23(28(37)38-18-10-2)24(31)26(35)32(25)16-13-11-12-14-17-34/h9-10,21-25,34H,1-2,11-20H2,3-8H3/t21?,22-,23+,24+,25?,31?/m1/s1. The molecule has 39 heavy (non-hydrogen) atoms. The molecule has 3 aliphatic rings. The highest BCUT2D eigenvalue weighted by Gasteiger charge is 2.76. The molecule has 3 saturated heterocycles. The number of hydrogen-bond acceptors (Lipinski definition) is 6. The summed E-state index contributed by atoms with van der Waals surface area (Å²) >= 11 is 1.68.